The zero-order chi connectivity index (χ0) is 17.4. The Morgan fingerprint density at radius 2 is 1.87 bits per heavy atom. The molecule has 132 valence electrons. The van der Waals surface area contributed by atoms with E-state index in [9.17, 15) is 5.11 Å². The van der Waals surface area contributed by atoms with E-state index in [1.807, 2.05) is 44.9 Å². The molecule has 1 aromatic carbocycles. The summed E-state index contributed by atoms with van der Waals surface area (Å²) in [6.07, 6.45) is -0.368. The number of nitrogens with zero attached hydrogens (tertiary/aromatic N) is 1. The first-order chi connectivity index (χ1) is 10.8. The smallest absolute Gasteiger partial charge is 0.0900 e. The van der Waals surface area contributed by atoms with E-state index in [0.717, 1.165) is 5.56 Å². The van der Waals surface area contributed by atoms with Gasteiger partial charge in [-0.05, 0) is 45.5 Å². The summed E-state index contributed by atoms with van der Waals surface area (Å²) < 4.78 is 10.8. The fourth-order valence-corrected chi connectivity index (χ4v) is 2.75. The van der Waals surface area contributed by atoms with Crippen LogP contribution in [0, 0.1) is 0 Å². The molecule has 6 heteroatoms. The molecule has 1 rings (SSSR count). The Labute approximate surface area is 149 Å². The van der Waals surface area contributed by atoms with Gasteiger partial charge in [0.25, 0.3) is 0 Å². The van der Waals surface area contributed by atoms with Gasteiger partial charge in [0, 0.05) is 22.6 Å². The molecule has 2 unspecified atom stereocenters. The van der Waals surface area contributed by atoms with E-state index in [0.29, 0.717) is 29.8 Å². The van der Waals surface area contributed by atoms with Crippen molar-refractivity contribution >= 4 is 23.2 Å². The molecule has 0 aliphatic carbocycles. The molecular formula is C17H27Cl2NO3. The minimum absolute atomic E-state index is 0.0682. The third-order valence-corrected chi connectivity index (χ3v) is 4.12. The van der Waals surface area contributed by atoms with E-state index in [2.05, 4.69) is 0 Å². The Kier molecular flexibility index (Phi) is 9.44. The molecule has 0 saturated heterocycles. The second kappa shape index (κ2) is 10.5. The highest BCUT2D eigenvalue weighted by molar-refractivity contribution is 6.35. The summed E-state index contributed by atoms with van der Waals surface area (Å²) in [4.78, 5) is 2.04. The van der Waals surface area contributed by atoms with Crippen LogP contribution in [0.3, 0.4) is 0 Å². The van der Waals surface area contributed by atoms with Crippen LogP contribution in [0.4, 0.5) is 0 Å². The van der Waals surface area contributed by atoms with Gasteiger partial charge < -0.3 is 14.6 Å². The van der Waals surface area contributed by atoms with Gasteiger partial charge in [-0.2, -0.15) is 0 Å². The van der Waals surface area contributed by atoms with E-state index < -0.39 is 6.10 Å². The van der Waals surface area contributed by atoms with Crippen LogP contribution in [0.15, 0.2) is 18.2 Å². The molecule has 0 radical (unpaired) electrons. The standard InChI is InChI=1S/C17H27Cl2NO3/c1-12(2)23-8-7-22-11-15(21)10-20(4)13(3)16-6-5-14(18)9-17(16)19/h5-6,9,12-13,15,21H,7-8,10-11H2,1-4H3. The summed E-state index contributed by atoms with van der Waals surface area (Å²) in [6, 6.07) is 5.54. The third-order valence-electron chi connectivity index (χ3n) is 3.56. The van der Waals surface area contributed by atoms with Crippen molar-refractivity contribution in [1.29, 1.82) is 0 Å². The second-order valence-corrected chi connectivity index (χ2v) is 6.77. The maximum absolute atomic E-state index is 10.1. The van der Waals surface area contributed by atoms with Crippen molar-refractivity contribution in [2.75, 3.05) is 33.4 Å². The summed E-state index contributed by atoms with van der Waals surface area (Å²) in [5, 5.41) is 11.3. The monoisotopic (exact) mass is 363 g/mol. The summed E-state index contributed by atoms with van der Waals surface area (Å²) in [6.45, 7) is 7.80. The van der Waals surface area contributed by atoms with Crippen LogP contribution < -0.4 is 0 Å². The average Bonchev–Trinajstić information content (AvgIpc) is 2.45. The Morgan fingerprint density at radius 1 is 1.17 bits per heavy atom. The molecule has 0 saturated carbocycles. The fourth-order valence-electron chi connectivity index (χ4n) is 2.18. The molecule has 0 spiro atoms. The lowest BCUT2D eigenvalue weighted by atomic mass is 10.1. The lowest BCUT2D eigenvalue weighted by Crippen LogP contribution is -2.34. The molecule has 1 aromatic rings. The number of rotatable bonds is 10. The Hall–Kier alpha value is -0.360. The molecule has 0 aromatic heterocycles. The molecule has 4 nitrogen and oxygen atoms in total. The summed E-state index contributed by atoms with van der Waals surface area (Å²) >= 11 is 12.2. The van der Waals surface area contributed by atoms with E-state index in [4.69, 9.17) is 32.7 Å². The highest BCUT2D eigenvalue weighted by Crippen LogP contribution is 2.29. The molecule has 0 aliphatic heterocycles. The number of aliphatic hydroxyl groups excluding tert-OH is 1. The van der Waals surface area contributed by atoms with Gasteiger partial charge in [-0.1, -0.05) is 29.3 Å². The zero-order valence-electron chi connectivity index (χ0n) is 14.3. The zero-order valence-corrected chi connectivity index (χ0v) is 15.8. The van der Waals surface area contributed by atoms with Gasteiger partial charge in [0.2, 0.25) is 0 Å². The van der Waals surface area contributed by atoms with Crippen molar-refractivity contribution in [3.05, 3.63) is 33.8 Å². The molecule has 2 atom stereocenters. The van der Waals surface area contributed by atoms with Gasteiger partial charge in [0.15, 0.2) is 0 Å². The van der Waals surface area contributed by atoms with Gasteiger partial charge in [-0.25, -0.2) is 0 Å². The van der Waals surface area contributed by atoms with Crippen molar-refractivity contribution in [2.24, 2.45) is 0 Å². The van der Waals surface area contributed by atoms with Gasteiger partial charge >= 0.3 is 0 Å². The average molecular weight is 364 g/mol. The molecule has 0 amide bonds. The lowest BCUT2D eigenvalue weighted by Gasteiger charge is -2.28. The number of benzene rings is 1. The topological polar surface area (TPSA) is 41.9 Å². The SMILES string of the molecule is CC(C)OCCOCC(O)CN(C)C(C)c1ccc(Cl)cc1Cl. The van der Waals surface area contributed by atoms with E-state index in [-0.39, 0.29) is 18.8 Å². The second-order valence-electron chi connectivity index (χ2n) is 5.93. The fraction of sp³-hybridized carbons (Fsp3) is 0.647. The van der Waals surface area contributed by atoms with Crippen molar-refractivity contribution in [3.63, 3.8) is 0 Å². The van der Waals surface area contributed by atoms with Crippen molar-refractivity contribution in [1.82, 2.24) is 4.90 Å². The Balaban J connectivity index is 2.37. The predicted molar refractivity (Wildman–Crippen MR) is 95.4 cm³/mol. The number of aliphatic hydroxyl groups is 1. The Bertz CT molecular complexity index is 471. The van der Waals surface area contributed by atoms with Crippen molar-refractivity contribution in [2.45, 2.75) is 39.0 Å². The molecule has 0 bridgehead atoms. The normalized spacial score (nSPS) is 14.5. The molecule has 23 heavy (non-hydrogen) atoms. The van der Waals surface area contributed by atoms with Crippen LogP contribution in [0.25, 0.3) is 0 Å². The number of likely N-dealkylation sites (N-methyl/N-ethyl adjacent to an activating group) is 1. The summed E-state index contributed by atoms with van der Waals surface area (Å²) in [5.41, 5.74) is 0.983. The van der Waals surface area contributed by atoms with E-state index in [1.165, 1.54) is 0 Å². The first-order valence-electron chi connectivity index (χ1n) is 7.83. The van der Waals surface area contributed by atoms with E-state index in [1.54, 1.807) is 6.07 Å². The maximum atomic E-state index is 10.1. The maximum Gasteiger partial charge on any atom is 0.0900 e. The lowest BCUT2D eigenvalue weighted by molar-refractivity contribution is -0.0193. The van der Waals surface area contributed by atoms with Crippen LogP contribution in [0.1, 0.15) is 32.4 Å². The molecule has 0 fully saturated rings. The van der Waals surface area contributed by atoms with Gasteiger partial charge in [-0.15, -0.1) is 0 Å². The van der Waals surface area contributed by atoms with Crippen molar-refractivity contribution < 1.29 is 14.6 Å². The van der Waals surface area contributed by atoms with Gasteiger partial charge in [0.05, 0.1) is 32.0 Å². The number of hydrogen-bond acceptors (Lipinski definition) is 4. The van der Waals surface area contributed by atoms with Gasteiger partial charge in [-0.3, -0.25) is 4.90 Å². The first kappa shape index (κ1) is 20.7. The highest BCUT2D eigenvalue weighted by Gasteiger charge is 2.18. The van der Waals surface area contributed by atoms with Crippen LogP contribution >= 0.6 is 23.2 Å². The number of ether oxygens (including phenoxy) is 2. The minimum atomic E-state index is -0.562. The van der Waals surface area contributed by atoms with Crippen LogP contribution in [-0.4, -0.2) is 55.6 Å². The highest BCUT2D eigenvalue weighted by atomic mass is 35.5. The predicted octanol–water partition coefficient (Wildman–Crippen LogP) is 3.79. The van der Waals surface area contributed by atoms with E-state index >= 15 is 0 Å². The first-order valence-corrected chi connectivity index (χ1v) is 8.59. The van der Waals surface area contributed by atoms with Crippen LogP contribution in [-0.2, 0) is 9.47 Å². The summed E-state index contributed by atoms with van der Waals surface area (Å²) in [7, 11) is 1.95. The van der Waals surface area contributed by atoms with Crippen molar-refractivity contribution in [3.8, 4) is 0 Å². The Morgan fingerprint density at radius 3 is 2.48 bits per heavy atom. The molecule has 0 aliphatic rings. The third kappa shape index (κ3) is 7.84. The largest absolute Gasteiger partial charge is 0.389 e. The number of hydrogen-bond donors (Lipinski definition) is 1. The molecular weight excluding hydrogens is 337 g/mol. The molecule has 0 heterocycles. The van der Waals surface area contributed by atoms with Crippen LogP contribution in [0.5, 0.6) is 0 Å². The minimum Gasteiger partial charge on any atom is -0.389 e. The summed E-state index contributed by atoms with van der Waals surface area (Å²) in [5.74, 6) is 0. The quantitative estimate of drug-likeness (QED) is 0.642. The molecule has 1 N–H and O–H groups in total. The number of halogens is 2. The van der Waals surface area contributed by atoms with Crippen LogP contribution in [0.2, 0.25) is 10.0 Å². The van der Waals surface area contributed by atoms with Gasteiger partial charge in [0.1, 0.15) is 0 Å².